The summed E-state index contributed by atoms with van der Waals surface area (Å²) in [5, 5.41) is 0. The van der Waals surface area contributed by atoms with Crippen LogP contribution in [0.1, 0.15) is 27.2 Å². The molecule has 1 saturated carbocycles. The average molecular weight is 158 g/mol. The zero-order valence-electron chi connectivity index (χ0n) is 7.67. The highest BCUT2D eigenvalue weighted by atomic mass is 16.5. The molecule has 0 aromatic carbocycles. The molecule has 1 fully saturated rings. The van der Waals surface area contributed by atoms with E-state index in [1.165, 1.54) is 6.42 Å². The molecule has 0 amide bonds. The summed E-state index contributed by atoms with van der Waals surface area (Å²) in [6.45, 7) is 7.90. The van der Waals surface area contributed by atoms with Gasteiger partial charge < -0.3 is 9.47 Å². The first-order chi connectivity index (χ1) is 5.29. The molecule has 0 spiro atoms. The second-order valence-corrected chi connectivity index (χ2v) is 3.13. The summed E-state index contributed by atoms with van der Waals surface area (Å²) in [6.07, 6.45) is 1.90. The molecule has 0 heterocycles. The van der Waals surface area contributed by atoms with E-state index in [2.05, 4.69) is 6.92 Å². The highest BCUT2D eigenvalue weighted by Crippen LogP contribution is 2.32. The summed E-state index contributed by atoms with van der Waals surface area (Å²) < 4.78 is 11.0. The molecule has 0 aliphatic heterocycles. The quantitative estimate of drug-likeness (QED) is 0.621. The third-order valence-corrected chi connectivity index (χ3v) is 2.27. The second-order valence-electron chi connectivity index (χ2n) is 3.13. The van der Waals surface area contributed by atoms with Crippen LogP contribution in [0.25, 0.3) is 0 Å². The fourth-order valence-electron chi connectivity index (χ4n) is 1.65. The molecule has 0 radical (unpaired) electrons. The van der Waals surface area contributed by atoms with Crippen molar-refractivity contribution in [2.45, 2.75) is 39.4 Å². The number of hydrogen-bond acceptors (Lipinski definition) is 2. The Morgan fingerprint density at radius 1 is 1.18 bits per heavy atom. The first-order valence-corrected chi connectivity index (χ1v) is 4.52. The number of hydrogen-bond donors (Lipinski definition) is 0. The summed E-state index contributed by atoms with van der Waals surface area (Å²) in [4.78, 5) is 0. The van der Waals surface area contributed by atoms with E-state index in [0.717, 1.165) is 13.2 Å². The van der Waals surface area contributed by atoms with Crippen LogP contribution in [0.15, 0.2) is 0 Å². The van der Waals surface area contributed by atoms with Gasteiger partial charge in [-0.3, -0.25) is 0 Å². The van der Waals surface area contributed by atoms with Crippen LogP contribution in [-0.2, 0) is 9.47 Å². The molecule has 0 bridgehead atoms. The lowest BCUT2D eigenvalue weighted by Gasteiger charge is -2.41. The van der Waals surface area contributed by atoms with Crippen LogP contribution in [0.5, 0.6) is 0 Å². The summed E-state index contributed by atoms with van der Waals surface area (Å²) in [5.74, 6) is 0.687. The Labute approximate surface area is 68.9 Å². The molecule has 0 N–H and O–H groups in total. The minimum Gasteiger partial charge on any atom is -0.376 e. The van der Waals surface area contributed by atoms with Crippen molar-refractivity contribution >= 4 is 0 Å². The van der Waals surface area contributed by atoms with E-state index in [0.29, 0.717) is 18.1 Å². The summed E-state index contributed by atoms with van der Waals surface area (Å²) in [7, 11) is 0. The molecule has 3 unspecified atom stereocenters. The van der Waals surface area contributed by atoms with E-state index in [-0.39, 0.29) is 0 Å². The number of ether oxygens (including phenoxy) is 2. The van der Waals surface area contributed by atoms with E-state index in [1.54, 1.807) is 0 Å². The topological polar surface area (TPSA) is 18.5 Å². The molecule has 1 aliphatic rings. The molecule has 1 rings (SSSR count). The lowest BCUT2D eigenvalue weighted by atomic mass is 9.80. The molecule has 66 valence electrons. The lowest BCUT2D eigenvalue weighted by Crippen LogP contribution is -2.48. The fraction of sp³-hybridized carbons (Fsp3) is 1.00. The smallest absolute Gasteiger partial charge is 0.0863 e. The molecule has 1 aliphatic carbocycles. The van der Waals surface area contributed by atoms with E-state index < -0.39 is 0 Å². The Balaban J connectivity index is 2.23. The Bertz CT molecular complexity index is 112. The van der Waals surface area contributed by atoms with Crippen molar-refractivity contribution in [3.05, 3.63) is 0 Å². The SMILES string of the molecule is CCOC1CC(C)C1OCC. The summed E-state index contributed by atoms with van der Waals surface area (Å²) in [5.41, 5.74) is 0. The Morgan fingerprint density at radius 3 is 2.27 bits per heavy atom. The largest absolute Gasteiger partial charge is 0.376 e. The maximum absolute atomic E-state index is 5.53. The van der Waals surface area contributed by atoms with E-state index in [4.69, 9.17) is 9.47 Å². The van der Waals surface area contributed by atoms with Gasteiger partial charge in [0.2, 0.25) is 0 Å². The second kappa shape index (κ2) is 4.07. The predicted octanol–water partition coefficient (Wildman–Crippen LogP) is 1.84. The average Bonchev–Trinajstić information content (AvgIpc) is 2.00. The van der Waals surface area contributed by atoms with Gasteiger partial charge in [-0.15, -0.1) is 0 Å². The molecular formula is C9H18O2. The van der Waals surface area contributed by atoms with E-state index >= 15 is 0 Å². The van der Waals surface area contributed by atoms with Gasteiger partial charge in [0, 0.05) is 13.2 Å². The minimum atomic E-state index is 0.361. The van der Waals surface area contributed by atoms with Crippen molar-refractivity contribution in [1.82, 2.24) is 0 Å². The molecule has 0 aromatic rings. The van der Waals surface area contributed by atoms with Gasteiger partial charge >= 0.3 is 0 Å². The zero-order valence-corrected chi connectivity index (χ0v) is 7.67. The van der Waals surface area contributed by atoms with Gasteiger partial charge in [0.05, 0.1) is 12.2 Å². The molecule has 0 aromatic heterocycles. The zero-order chi connectivity index (χ0) is 8.27. The third-order valence-electron chi connectivity index (χ3n) is 2.27. The standard InChI is InChI=1S/C9H18O2/c1-4-10-8-6-7(3)9(8)11-5-2/h7-9H,4-6H2,1-3H3. The molecular weight excluding hydrogens is 140 g/mol. The van der Waals surface area contributed by atoms with Gasteiger partial charge in [0.15, 0.2) is 0 Å². The minimum absolute atomic E-state index is 0.361. The molecule has 11 heavy (non-hydrogen) atoms. The number of rotatable bonds is 4. The van der Waals surface area contributed by atoms with Crippen LogP contribution in [0.4, 0.5) is 0 Å². The highest BCUT2D eigenvalue weighted by molar-refractivity contribution is 4.88. The van der Waals surface area contributed by atoms with Gasteiger partial charge in [-0.25, -0.2) is 0 Å². The third kappa shape index (κ3) is 1.94. The Hall–Kier alpha value is -0.0800. The first-order valence-electron chi connectivity index (χ1n) is 4.52. The van der Waals surface area contributed by atoms with Gasteiger partial charge in [0.25, 0.3) is 0 Å². The van der Waals surface area contributed by atoms with Gasteiger partial charge in [-0.05, 0) is 26.2 Å². The predicted molar refractivity (Wildman–Crippen MR) is 44.6 cm³/mol. The maximum atomic E-state index is 5.53. The monoisotopic (exact) mass is 158 g/mol. The van der Waals surface area contributed by atoms with Crippen LogP contribution >= 0.6 is 0 Å². The lowest BCUT2D eigenvalue weighted by molar-refractivity contribution is -0.155. The normalized spacial score (nSPS) is 36.8. The molecule has 3 atom stereocenters. The van der Waals surface area contributed by atoms with Crippen molar-refractivity contribution in [2.24, 2.45) is 5.92 Å². The molecule has 2 heteroatoms. The van der Waals surface area contributed by atoms with Crippen LogP contribution in [0, 0.1) is 5.92 Å². The Kier molecular flexibility index (Phi) is 3.34. The maximum Gasteiger partial charge on any atom is 0.0863 e. The van der Waals surface area contributed by atoms with Crippen molar-refractivity contribution < 1.29 is 9.47 Å². The summed E-state index contributed by atoms with van der Waals surface area (Å²) >= 11 is 0. The van der Waals surface area contributed by atoms with Crippen LogP contribution in [-0.4, -0.2) is 25.4 Å². The van der Waals surface area contributed by atoms with Crippen LogP contribution in [0.2, 0.25) is 0 Å². The van der Waals surface area contributed by atoms with Crippen LogP contribution < -0.4 is 0 Å². The fourth-order valence-corrected chi connectivity index (χ4v) is 1.65. The van der Waals surface area contributed by atoms with Crippen LogP contribution in [0.3, 0.4) is 0 Å². The molecule has 0 saturated heterocycles. The van der Waals surface area contributed by atoms with Crippen molar-refractivity contribution in [3.8, 4) is 0 Å². The van der Waals surface area contributed by atoms with Crippen molar-refractivity contribution in [3.63, 3.8) is 0 Å². The van der Waals surface area contributed by atoms with Crippen molar-refractivity contribution in [1.29, 1.82) is 0 Å². The van der Waals surface area contributed by atoms with Gasteiger partial charge in [-0.1, -0.05) is 6.92 Å². The summed E-state index contributed by atoms with van der Waals surface area (Å²) in [6, 6.07) is 0. The van der Waals surface area contributed by atoms with Crippen molar-refractivity contribution in [2.75, 3.05) is 13.2 Å². The first kappa shape index (κ1) is 9.01. The highest BCUT2D eigenvalue weighted by Gasteiger charge is 2.39. The van der Waals surface area contributed by atoms with E-state index in [9.17, 15) is 0 Å². The molecule has 2 nitrogen and oxygen atoms in total. The van der Waals surface area contributed by atoms with Gasteiger partial charge in [-0.2, -0.15) is 0 Å². The van der Waals surface area contributed by atoms with E-state index in [1.807, 2.05) is 13.8 Å². The Morgan fingerprint density at radius 2 is 1.82 bits per heavy atom. The van der Waals surface area contributed by atoms with Gasteiger partial charge in [0.1, 0.15) is 0 Å².